The van der Waals surface area contributed by atoms with E-state index in [-0.39, 0.29) is 0 Å². The molecule has 0 radical (unpaired) electrons. The van der Waals surface area contributed by atoms with Crippen molar-refractivity contribution in [2.45, 2.75) is 98.3 Å². The van der Waals surface area contributed by atoms with Crippen LogP contribution in [0.1, 0.15) is 98.3 Å². The van der Waals surface area contributed by atoms with Crippen LogP contribution in [0.5, 0.6) is 0 Å². The molecule has 0 N–H and O–H groups in total. The fourth-order valence-electron chi connectivity index (χ4n) is 3.88. The molecule has 0 heterocycles. The van der Waals surface area contributed by atoms with Crippen LogP contribution in [0.4, 0.5) is 0 Å². The second kappa shape index (κ2) is 9.83. The molecule has 0 amide bonds. The molecule has 114 valence electrons. The second-order valence-corrected chi connectivity index (χ2v) is 7.36. The van der Waals surface area contributed by atoms with Gasteiger partial charge in [0.25, 0.3) is 0 Å². The van der Waals surface area contributed by atoms with Gasteiger partial charge in [-0.05, 0) is 36.5 Å². The SMILES string of the molecule is CCCC(C)C(CCC(C)CC)CC1CCCCC1. The van der Waals surface area contributed by atoms with E-state index in [0.717, 1.165) is 23.7 Å². The van der Waals surface area contributed by atoms with Crippen molar-refractivity contribution >= 4 is 0 Å². The first-order valence-electron chi connectivity index (χ1n) is 9.17. The van der Waals surface area contributed by atoms with Gasteiger partial charge < -0.3 is 0 Å². The third kappa shape index (κ3) is 6.82. The van der Waals surface area contributed by atoms with E-state index in [1.54, 1.807) is 0 Å². The molecular formula is C19H38. The van der Waals surface area contributed by atoms with Gasteiger partial charge in [0.05, 0.1) is 0 Å². The molecule has 0 bridgehead atoms. The van der Waals surface area contributed by atoms with E-state index in [2.05, 4.69) is 27.7 Å². The molecule has 0 nitrogen and oxygen atoms in total. The highest BCUT2D eigenvalue weighted by Crippen LogP contribution is 2.35. The average molecular weight is 267 g/mol. The second-order valence-electron chi connectivity index (χ2n) is 7.36. The fourth-order valence-corrected chi connectivity index (χ4v) is 3.88. The van der Waals surface area contributed by atoms with E-state index < -0.39 is 0 Å². The lowest BCUT2D eigenvalue weighted by Gasteiger charge is -2.31. The summed E-state index contributed by atoms with van der Waals surface area (Å²) in [7, 11) is 0. The van der Waals surface area contributed by atoms with E-state index in [9.17, 15) is 0 Å². The molecule has 0 saturated heterocycles. The molecule has 19 heavy (non-hydrogen) atoms. The van der Waals surface area contributed by atoms with Gasteiger partial charge in [0.15, 0.2) is 0 Å². The molecule has 1 fully saturated rings. The summed E-state index contributed by atoms with van der Waals surface area (Å²) in [5.41, 5.74) is 0. The monoisotopic (exact) mass is 266 g/mol. The van der Waals surface area contributed by atoms with Crippen molar-refractivity contribution in [1.82, 2.24) is 0 Å². The van der Waals surface area contributed by atoms with Gasteiger partial charge in [-0.1, -0.05) is 85.5 Å². The Hall–Kier alpha value is 0. The Morgan fingerprint density at radius 3 is 2.16 bits per heavy atom. The minimum atomic E-state index is 0.933. The van der Waals surface area contributed by atoms with Crippen LogP contribution in [-0.4, -0.2) is 0 Å². The quantitative estimate of drug-likeness (QED) is 0.429. The molecule has 1 aliphatic carbocycles. The van der Waals surface area contributed by atoms with Crippen LogP contribution in [0.25, 0.3) is 0 Å². The predicted molar refractivity (Wildman–Crippen MR) is 87.4 cm³/mol. The standard InChI is InChI=1S/C19H38/c1-5-10-17(4)19(14-13-16(3)6-2)15-18-11-8-7-9-12-18/h16-19H,5-15H2,1-4H3. The maximum absolute atomic E-state index is 2.52. The van der Waals surface area contributed by atoms with Crippen LogP contribution in [0.15, 0.2) is 0 Å². The van der Waals surface area contributed by atoms with Crippen molar-refractivity contribution in [2.75, 3.05) is 0 Å². The number of hydrogen-bond donors (Lipinski definition) is 0. The Morgan fingerprint density at radius 1 is 0.895 bits per heavy atom. The third-order valence-electron chi connectivity index (χ3n) is 5.64. The molecule has 0 aliphatic heterocycles. The number of rotatable bonds is 9. The molecule has 3 unspecified atom stereocenters. The summed E-state index contributed by atoms with van der Waals surface area (Å²) < 4.78 is 0. The molecule has 1 saturated carbocycles. The van der Waals surface area contributed by atoms with Crippen LogP contribution in [0.3, 0.4) is 0 Å². The van der Waals surface area contributed by atoms with Crippen molar-refractivity contribution in [1.29, 1.82) is 0 Å². The summed E-state index contributed by atoms with van der Waals surface area (Å²) >= 11 is 0. The summed E-state index contributed by atoms with van der Waals surface area (Å²) in [6.45, 7) is 9.65. The lowest BCUT2D eigenvalue weighted by molar-refractivity contribution is 0.209. The Labute approximate surface area is 122 Å². The zero-order chi connectivity index (χ0) is 14.1. The van der Waals surface area contributed by atoms with Gasteiger partial charge in [0.1, 0.15) is 0 Å². The lowest BCUT2D eigenvalue weighted by atomic mass is 9.75. The summed E-state index contributed by atoms with van der Waals surface area (Å²) in [4.78, 5) is 0. The van der Waals surface area contributed by atoms with Gasteiger partial charge in [0.2, 0.25) is 0 Å². The summed E-state index contributed by atoms with van der Waals surface area (Å²) in [5, 5.41) is 0. The Balaban J connectivity index is 2.42. The third-order valence-corrected chi connectivity index (χ3v) is 5.64. The van der Waals surface area contributed by atoms with Crippen LogP contribution in [0, 0.1) is 23.7 Å². The average Bonchev–Trinajstić information content (AvgIpc) is 2.44. The van der Waals surface area contributed by atoms with Gasteiger partial charge in [-0.25, -0.2) is 0 Å². The molecule has 0 aromatic rings. The van der Waals surface area contributed by atoms with E-state index in [1.807, 2.05) is 0 Å². The van der Waals surface area contributed by atoms with E-state index in [1.165, 1.54) is 70.6 Å². The van der Waals surface area contributed by atoms with Crippen molar-refractivity contribution in [3.05, 3.63) is 0 Å². The van der Waals surface area contributed by atoms with Crippen LogP contribution in [-0.2, 0) is 0 Å². The Bertz CT molecular complexity index is 202. The van der Waals surface area contributed by atoms with E-state index in [0.29, 0.717) is 0 Å². The normalized spacial score (nSPS) is 22.1. The first-order valence-corrected chi connectivity index (χ1v) is 9.17. The molecule has 0 heteroatoms. The zero-order valence-corrected chi connectivity index (χ0v) is 14.1. The summed E-state index contributed by atoms with van der Waals surface area (Å²) in [6.07, 6.45) is 16.2. The number of hydrogen-bond acceptors (Lipinski definition) is 0. The Morgan fingerprint density at radius 2 is 1.58 bits per heavy atom. The van der Waals surface area contributed by atoms with Gasteiger partial charge in [-0.3, -0.25) is 0 Å². The molecule has 3 atom stereocenters. The first-order chi connectivity index (χ1) is 9.17. The van der Waals surface area contributed by atoms with Gasteiger partial charge in [-0.15, -0.1) is 0 Å². The summed E-state index contributed by atoms with van der Waals surface area (Å²) in [5.74, 6) is 3.96. The zero-order valence-electron chi connectivity index (χ0n) is 14.1. The van der Waals surface area contributed by atoms with E-state index in [4.69, 9.17) is 0 Å². The van der Waals surface area contributed by atoms with Gasteiger partial charge in [-0.2, -0.15) is 0 Å². The van der Waals surface area contributed by atoms with Gasteiger partial charge in [0, 0.05) is 0 Å². The summed E-state index contributed by atoms with van der Waals surface area (Å²) in [6, 6.07) is 0. The highest BCUT2D eigenvalue weighted by molar-refractivity contribution is 4.74. The topological polar surface area (TPSA) is 0 Å². The molecule has 1 rings (SSSR count). The predicted octanol–water partition coefficient (Wildman–Crippen LogP) is 6.84. The molecule has 0 aromatic carbocycles. The smallest absolute Gasteiger partial charge is 0.0386 e. The lowest BCUT2D eigenvalue weighted by Crippen LogP contribution is -2.19. The minimum absolute atomic E-state index is 0.933. The minimum Gasteiger partial charge on any atom is -0.0654 e. The molecular weight excluding hydrogens is 228 g/mol. The van der Waals surface area contributed by atoms with Crippen molar-refractivity contribution in [3.8, 4) is 0 Å². The highest BCUT2D eigenvalue weighted by atomic mass is 14.3. The van der Waals surface area contributed by atoms with Crippen molar-refractivity contribution < 1.29 is 0 Å². The maximum Gasteiger partial charge on any atom is -0.0386 e. The largest absolute Gasteiger partial charge is 0.0654 e. The van der Waals surface area contributed by atoms with Crippen LogP contribution < -0.4 is 0 Å². The fraction of sp³-hybridized carbons (Fsp3) is 1.00. The van der Waals surface area contributed by atoms with Gasteiger partial charge >= 0.3 is 0 Å². The van der Waals surface area contributed by atoms with Crippen LogP contribution >= 0.6 is 0 Å². The van der Waals surface area contributed by atoms with Crippen LogP contribution in [0.2, 0.25) is 0 Å². The van der Waals surface area contributed by atoms with E-state index >= 15 is 0 Å². The molecule has 0 spiro atoms. The molecule has 0 aromatic heterocycles. The van der Waals surface area contributed by atoms with Crippen molar-refractivity contribution in [2.24, 2.45) is 23.7 Å². The highest BCUT2D eigenvalue weighted by Gasteiger charge is 2.23. The maximum atomic E-state index is 2.52. The Kier molecular flexibility index (Phi) is 8.83. The van der Waals surface area contributed by atoms with Crippen molar-refractivity contribution in [3.63, 3.8) is 0 Å². The molecule has 1 aliphatic rings. The first kappa shape index (κ1) is 17.1.